The Balaban J connectivity index is 1.74. The zero-order chi connectivity index (χ0) is 23.4. The maximum absolute atomic E-state index is 12.5. The van der Waals surface area contributed by atoms with Crippen molar-refractivity contribution < 1.29 is 14.3 Å². The van der Waals surface area contributed by atoms with E-state index in [1.165, 1.54) is 7.11 Å². The van der Waals surface area contributed by atoms with Crippen LogP contribution in [0.25, 0.3) is 0 Å². The number of methoxy groups -OCH3 is 1. The minimum Gasteiger partial charge on any atom is -0.468 e. The standard InChI is InChI=1S/C25H35N5O3/c1-17(2)16-30(19-7-11-33-12-8-19)21-15-27-22(25(9-10-25)24(31)32-4)13-20(21)29-23-6-5-18(26-3)14-28-23/h5-6,13-15,17,19,26H,7-12,16H2,1-4H3,(H,27,28,29). The third kappa shape index (κ3) is 5.05. The number of rotatable bonds is 9. The zero-order valence-corrected chi connectivity index (χ0v) is 20.1. The Kier molecular flexibility index (Phi) is 7.02. The molecule has 33 heavy (non-hydrogen) atoms. The van der Waals surface area contributed by atoms with Crippen LogP contribution < -0.4 is 15.5 Å². The first-order chi connectivity index (χ1) is 16.0. The zero-order valence-electron chi connectivity index (χ0n) is 20.1. The van der Waals surface area contributed by atoms with E-state index in [1.54, 1.807) is 6.20 Å². The predicted octanol–water partition coefficient (Wildman–Crippen LogP) is 4.11. The molecular weight excluding hydrogens is 418 g/mol. The second-order valence-electron chi connectivity index (χ2n) is 9.36. The minimum atomic E-state index is -0.630. The third-order valence-corrected chi connectivity index (χ3v) is 6.52. The van der Waals surface area contributed by atoms with E-state index < -0.39 is 5.41 Å². The molecule has 1 saturated carbocycles. The topological polar surface area (TPSA) is 88.6 Å². The highest BCUT2D eigenvalue weighted by molar-refractivity contribution is 5.87. The van der Waals surface area contributed by atoms with Crippen LogP contribution in [0.2, 0.25) is 0 Å². The molecule has 0 atom stereocenters. The van der Waals surface area contributed by atoms with Gasteiger partial charge in [0.1, 0.15) is 11.2 Å². The van der Waals surface area contributed by atoms with Crippen molar-refractivity contribution in [1.29, 1.82) is 0 Å². The van der Waals surface area contributed by atoms with Crippen molar-refractivity contribution in [2.24, 2.45) is 5.92 Å². The van der Waals surface area contributed by atoms with Crippen LogP contribution in [0.15, 0.2) is 30.6 Å². The summed E-state index contributed by atoms with van der Waals surface area (Å²) in [5.41, 5.74) is 3.01. The summed E-state index contributed by atoms with van der Waals surface area (Å²) in [6, 6.07) is 6.33. The van der Waals surface area contributed by atoms with Gasteiger partial charge in [-0.3, -0.25) is 9.78 Å². The average molecular weight is 454 g/mol. The van der Waals surface area contributed by atoms with Crippen LogP contribution in [-0.2, 0) is 19.7 Å². The van der Waals surface area contributed by atoms with Crippen molar-refractivity contribution in [2.45, 2.75) is 51.0 Å². The highest BCUT2D eigenvalue weighted by Gasteiger charge is 2.54. The van der Waals surface area contributed by atoms with Crippen LogP contribution in [0.1, 0.15) is 45.2 Å². The summed E-state index contributed by atoms with van der Waals surface area (Å²) < 4.78 is 10.7. The maximum atomic E-state index is 12.5. The second-order valence-corrected chi connectivity index (χ2v) is 9.36. The predicted molar refractivity (Wildman–Crippen MR) is 130 cm³/mol. The lowest BCUT2D eigenvalue weighted by Crippen LogP contribution is -2.42. The van der Waals surface area contributed by atoms with Crippen LogP contribution in [-0.4, -0.2) is 55.9 Å². The maximum Gasteiger partial charge on any atom is 0.317 e. The smallest absolute Gasteiger partial charge is 0.317 e. The van der Waals surface area contributed by atoms with Gasteiger partial charge in [-0.25, -0.2) is 4.98 Å². The monoisotopic (exact) mass is 453 g/mol. The van der Waals surface area contributed by atoms with Crippen molar-refractivity contribution in [3.8, 4) is 0 Å². The molecule has 2 aromatic heterocycles. The van der Waals surface area contributed by atoms with Crippen LogP contribution in [0.4, 0.5) is 22.9 Å². The summed E-state index contributed by atoms with van der Waals surface area (Å²) in [5, 5.41) is 6.61. The molecule has 8 nitrogen and oxygen atoms in total. The fourth-order valence-electron chi connectivity index (χ4n) is 4.51. The minimum absolute atomic E-state index is 0.214. The summed E-state index contributed by atoms with van der Waals surface area (Å²) >= 11 is 0. The molecule has 0 unspecified atom stereocenters. The van der Waals surface area contributed by atoms with Crippen LogP contribution >= 0.6 is 0 Å². The number of anilines is 4. The number of nitrogens with one attached hydrogen (secondary N) is 2. The van der Waals surface area contributed by atoms with E-state index in [0.717, 1.165) is 74.0 Å². The summed E-state index contributed by atoms with van der Waals surface area (Å²) in [6.45, 7) is 6.91. The van der Waals surface area contributed by atoms with Crippen molar-refractivity contribution >= 4 is 28.8 Å². The number of carbonyl (C=O) groups is 1. The summed E-state index contributed by atoms with van der Waals surface area (Å²) in [5.74, 6) is 1.01. The van der Waals surface area contributed by atoms with Gasteiger partial charge in [-0.2, -0.15) is 0 Å². The van der Waals surface area contributed by atoms with Gasteiger partial charge in [0.15, 0.2) is 0 Å². The van der Waals surface area contributed by atoms with E-state index in [9.17, 15) is 4.79 Å². The highest BCUT2D eigenvalue weighted by atomic mass is 16.5. The molecule has 3 heterocycles. The van der Waals surface area contributed by atoms with Gasteiger partial charge in [-0.1, -0.05) is 13.8 Å². The summed E-state index contributed by atoms with van der Waals surface area (Å²) in [6.07, 6.45) is 7.20. The van der Waals surface area contributed by atoms with Crippen molar-refractivity contribution in [3.63, 3.8) is 0 Å². The summed E-state index contributed by atoms with van der Waals surface area (Å²) in [7, 11) is 3.32. The van der Waals surface area contributed by atoms with Gasteiger partial charge in [0.2, 0.25) is 0 Å². The molecule has 2 N–H and O–H groups in total. The van der Waals surface area contributed by atoms with Gasteiger partial charge in [0, 0.05) is 32.8 Å². The first-order valence-electron chi connectivity index (χ1n) is 11.8. The first-order valence-corrected chi connectivity index (χ1v) is 11.8. The second kappa shape index (κ2) is 9.95. The van der Waals surface area contributed by atoms with Gasteiger partial charge in [0.25, 0.3) is 0 Å². The van der Waals surface area contributed by atoms with Gasteiger partial charge in [-0.05, 0) is 49.8 Å². The molecule has 2 aromatic rings. The number of hydrogen-bond acceptors (Lipinski definition) is 8. The number of aromatic nitrogens is 2. The molecule has 0 bridgehead atoms. The molecule has 1 saturated heterocycles. The van der Waals surface area contributed by atoms with Gasteiger partial charge >= 0.3 is 5.97 Å². The van der Waals surface area contributed by atoms with E-state index in [4.69, 9.17) is 14.5 Å². The van der Waals surface area contributed by atoms with Gasteiger partial charge in [-0.15, -0.1) is 0 Å². The third-order valence-electron chi connectivity index (χ3n) is 6.52. The number of carbonyl (C=O) groups excluding carboxylic acids is 1. The van der Waals surface area contributed by atoms with Gasteiger partial charge in [0.05, 0.1) is 42.3 Å². The Morgan fingerprint density at radius 1 is 1.24 bits per heavy atom. The molecule has 4 rings (SSSR count). The molecule has 0 spiro atoms. The SMILES string of the molecule is CNc1ccc(Nc2cc(C3(C(=O)OC)CC3)ncc2N(CC(C)C)C2CCOCC2)nc1. The Morgan fingerprint density at radius 2 is 2.00 bits per heavy atom. The molecule has 1 aliphatic carbocycles. The Bertz CT molecular complexity index is 953. The highest BCUT2D eigenvalue weighted by Crippen LogP contribution is 2.49. The average Bonchev–Trinajstić information content (AvgIpc) is 3.65. The van der Waals surface area contributed by atoms with Crippen LogP contribution in [0.3, 0.4) is 0 Å². The van der Waals surface area contributed by atoms with E-state index in [2.05, 4.69) is 34.4 Å². The van der Waals surface area contributed by atoms with Crippen LogP contribution in [0, 0.1) is 5.92 Å². The molecule has 8 heteroatoms. The number of ether oxygens (including phenoxy) is 2. The molecule has 2 fully saturated rings. The normalized spacial score (nSPS) is 17.5. The Hall–Kier alpha value is -2.87. The Morgan fingerprint density at radius 3 is 2.58 bits per heavy atom. The first kappa shape index (κ1) is 23.3. The van der Waals surface area contributed by atoms with E-state index in [-0.39, 0.29) is 5.97 Å². The van der Waals surface area contributed by atoms with Gasteiger partial charge < -0.3 is 25.0 Å². The largest absolute Gasteiger partial charge is 0.468 e. The number of nitrogens with zero attached hydrogens (tertiary/aromatic N) is 3. The number of hydrogen-bond donors (Lipinski definition) is 2. The molecular formula is C25H35N5O3. The van der Waals surface area contributed by atoms with E-state index >= 15 is 0 Å². The van der Waals surface area contributed by atoms with E-state index in [1.807, 2.05) is 31.4 Å². The lowest BCUT2D eigenvalue weighted by atomic mass is 9.99. The molecule has 0 amide bonds. The molecule has 1 aliphatic heterocycles. The number of pyridine rings is 2. The number of esters is 1. The quantitative estimate of drug-likeness (QED) is 0.549. The van der Waals surface area contributed by atoms with Crippen molar-refractivity contribution in [2.75, 3.05) is 49.4 Å². The molecule has 0 radical (unpaired) electrons. The fourth-order valence-corrected chi connectivity index (χ4v) is 4.51. The summed E-state index contributed by atoms with van der Waals surface area (Å²) in [4.78, 5) is 24.3. The lowest BCUT2D eigenvalue weighted by molar-refractivity contribution is -0.143. The van der Waals surface area contributed by atoms with Crippen molar-refractivity contribution in [1.82, 2.24) is 9.97 Å². The fraction of sp³-hybridized carbons (Fsp3) is 0.560. The van der Waals surface area contributed by atoms with Crippen molar-refractivity contribution in [3.05, 3.63) is 36.3 Å². The Labute approximate surface area is 196 Å². The molecule has 178 valence electrons. The lowest BCUT2D eigenvalue weighted by Gasteiger charge is -2.38. The molecule has 0 aromatic carbocycles. The molecule has 2 aliphatic rings. The van der Waals surface area contributed by atoms with E-state index in [0.29, 0.717) is 12.0 Å². The van der Waals surface area contributed by atoms with Crippen LogP contribution in [0.5, 0.6) is 0 Å².